The van der Waals surface area contributed by atoms with Crippen LogP contribution in [0.15, 0.2) is 93.1 Å². The fourth-order valence-corrected chi connectivity index (χ4v) is 6.39. The minimum atomic E-state index is -0.439. The quantitative estimate of drug-likeness (QED) is 0.221. The van der Waals surface area contributed by atoms with Crippen LogP contribution in [0.25, 0.3) is 11.8 Å². The smallest absolute Gasteiger partial charge is 0.271 e. The van der Waals surface area contributed by atoms with Crippen LogP contribution in [0.4, 0.5) is 5.69 Å². The third kappa shape index (κ3) is 3.83. The first kappa shape index (κ1) is 22.7. The molecule has 2 aliphatic rings. The lowest BCUT2D eigenvalue weighted by Crippen LogP contribution is -2.38. The summed E-state index contributed by atoms with van der Waals surface area (Å²) in [5.74, 6) is 0. The van der Waals surface area contributed by atoms with Crippen LogP contribution >= 0.6 is 23.1 Å². The highest BCUT2D eigenvalue weighted by Crippen LogP contribution is 2.41. The van der Waals surface area contributed by atoms with E-state index < -0.39 is 11.0 Å². The lowest BCUT2D eigenvalue weighted by molar-refractivity contribution is -0.384. The van der Waals surface area contributed by atoms with E-state index in [9.17, 15) is 14.9 Å². The molecular formula is C28H21N3O3S2. The summed E-state index contributed by atoms with van der Waals surface area (Å²) < 4.78 is 2.31. The Morgan fingerprint density at radius 2 is 1.89 bits per heavy atom. The summed E-state index contributed by atoms with van der Waals surface area (Å²) >= 11 is 3.03. The molecular weight excluding hydrogens is 490 g/mol. The fraction of sp³-hybridized carbons (Fsp3) is 0.143. The van der Waals surface area contributed by atoms with Crippen molar-refractivity contribution >= 4 is 40.6 Å². The van der Waals surface area contributed by atoms with E-state index in [1.165, 1.54) is 23.0 Å². The van der Waals surface area contributed by atoms with Gasteiger partial charge in [-0.05, 0) is 59.6 Å². The molecule has 6 nitrogen and oxygen atoms in total. The summed E-state index contributed by atoms with van der Waals surface area (Å²) in [5.41, 5.74) is 5.75. The second-order valence-electron chi connectivity index (χ2n) is 8.74. The van der Waals surface area contributed by atoms with Gasteiger partial charge in [0.2, 0.25) is 0 Å². The van der Waals surface area contributed by atoms with Gasteiger partial charge in [-0.3, -0.25) is 19.5 Å². The number of nitro benzene ring substituents is 1. The van der Waals surface area contributed by atoms with Gasteiger partial charge in [0.25, 0.3) is 11.2 Å². The average molecular weight is 512 g/mol. The molecule has 1 aliphatic carbocycles. The molecule has 0 fully saturated rings. The summed E-state index contributed by atoms with van der Waals surface area (Å²) in [6, 6.07) is 22.5. The number of allylic oxidation sites excluding steroid dienone is 1. The van der Waals surface area contributed by atoms with E-state index in [1.807, 2.05) is 54.8 Å². The van der Waals surface area contributed by atoms with E-state index in [2.05, 4.69) is 12.1 Å². The minimum absolute atomic E-state index is 0.0128. The van der Waals surface area contributed by atoms with E-state index in [4.69, 9.17) is 4.99 Å². The molecule has 0 radical (unpaired) electrons. The zero-order valence-corrected chi connectivity index (χ0v) is 21.0. The molecule has 178 valence electrons. The first-order chi connectivity index (χ1) is 17.5. The number of non-ortho nitro benzene ring substituents is 1. The molecule has 0 bridgehead atoms. The molecule has 0 saturated carbocycles. The van der Waals surface area contributed by atoms with Gasteiger partial charge >= 0.3 is 0 Å². The molecule has 4 aromatic rings. The number of nitro groups is 1. The summed E-state index contributed by atoms with van der Waals surface area (Å²) in [6.07, 6.45) is 5.50. The Balaban J connectivity index is 1.60. The lowest BCUT2D eigenvalue weighted by atomic mass is 9.83. The maximum atomic E-state index is 13.8. The van der Waals surface area contributed by atoms with Gasteiger partial charge in [-0.1, -0.05) is 59.9 Å². The number of aromatic nitrogens is 1. The number of benzene rings is 3. The highest BCUT2D eigenvalue weighted by atomic mass is 32.2. The second-order valence-corrected chi connectivity index (χ2v) is 10.6. The highest BCUT2D eigenvalue weighted by molar-refractivity contribution is 7.98. The van der Waals surface area contributed by atoms with Crippen molar-refractivity contribution in [2.24, 2.45) is 4.99 Å². The highest BCUT2D eigenvalue weighted by Gasteiger charge is 2.33. The number of fused-ring (bicyclic) bond motifs is 3. The number of thioether (sulfide) groups is 1. The molecule has 0 saturated heterocycles. The van der Waals surface area contributed by atoms with E-state index in [0.29, 0.717) is 9.33 Å². The molecule has 1 atom stereocenters. The van der Waals surface area contributed by atoms with Gasteiger partial charge in [-0.25, -0.2) is 4.99 Å². The Bertz CT molecular complexity index is 1730. The predicted molar refractivity (Wildman–Crippen MR) is 144 cm³/mol. The summed E-state index contributed by atoms with van der Waals surface area (Å²) in [5, 5.41) is 11.5. The largest absolute Gasteiger partial charge is 0.272 e. The minimum Gasteiger partial charge on any atom is -0.272 e. The van der Waals surface area contributed by atoms with Crippen molar-refractivity contribution in [3.05, 3.63) is 130 Å². The van der Waals surface area contributed by atoms with Crippen LogP contribution in [-0.2, 0) is 6.42 Å². The number of nitrogens with zero attached hydrogens (tertiary/aromatic N) is 3. The summed E-state index contributed by atoms with van der Waals surface area (Å²) in [7, 11) is 0. The third-order valence-electron chi connectivity index (χ3n) is 6.68. The van der Waals surface area contributed by atoms with Crippen LogP contribution in [-0.4, -0.2) is 15.7 Å². The van der Waals surface area contributed by atoms with Crippen molar-refractivity contribution in [1.82, 2.24) is 4.57 Å². The van der Waals surface area contributed by atoms with Gasteiger partial charge in [-0.15, -0.1) is 11.8 Å². The van der Waals surface area contributed by atoms with Crippen LogP contribution in [0, 0.1) is 10.1 Å². The maximum Gasteiger partial charge on any atom is 0.271 e. The molecule has 0 spiro atoms. The number of aryl methyl sites for hydroxylation is 1. The van der Waals surface area contributed by atoms with Crippen molar-refractivity contribution in [3.63, 3.8) is 0 Å². The average Bonchev–Trinajstić information content (AvgIpc) is 3.22. The lowest BCUT2D eigenvalue weighted by Gasteiger charge is -2.30. The zero-order valence-electron chi connectivity index (χ0n) is 19.4. The number of thiazole rings is 1. The van der Waals surface area contributed by atoms with E-state index in [1.54, 1.807) is 28.5 Å². The fourth-order valence-electron chi connectivity index (χ4n) is 4.98. The van der Waals surface area contributed by atoms with E-state index >= 15 is 0 Å². The maximum absolute atomic E-state index is 13.8. The standard InChI is InChI=1S/C28H21N3O3S2/c1-35-21-12-9-17(10-13-21)15-24-27(32)30-26(19-6-4-7-20(16-19)31(33)34)23-14-11-18-5-2-3-8-22(18)25(23)29-28(30)36-24/h2-10,12-13,15-16,26H,11,14H2,1H3. The van der Waals surface area contributed by atoms with Gasteiger partial charge in [0, 0.05) is 22.6 Å². The summed E-state index contributed by atoms with van der Waals surface area (Å²) in [4.78, 5) is 31.7. The van der Waals surface area contributed by atoms with Crippen LogP contribution in [0.3, 0.4) is 0 Å². The molecule has 1 unspecified atom stereocenters. The first-order valence-electron chi connectivity index (χ1n) is 11.5. The van der Waals surface area contributed by atoms with Gasteiger partial charge < -0.3 is 0 Å². The first-order valence-corrected chi connectivity index (χ1v) is 13.6. The van der Waals surface area contributed by atoms with Gasteiger partial charge in [0.15, 0.2) is 4.80 Å². The number of hydrogen-bond acceptors (Lipinski definition) is 6. The topological polar surface area (TPSA) is 77.5 Å². The number of hydrogen-bond donors (Lipinski definition) is 0. The molecule has 0 N–H and O–H groups in total. The van der Waals surface area contributed by atoms with Crippen LogP contribution in [0.2, 0.25) is 0 Å². The SMILES string of the molecule is CSc1ccc(C=c2sc3n(c2=O)C(c2cccc([N+](=O)[O-])c2)C2=C(N=3)c3ccccc3CC2)cc1. The van der Waals surface area contributed by atoms with Crippen molar-refractivity contribution in [3.8, 4) is 0 Å². The van der Waals surface area contributed by atoms with Gasteiger partial charge in [0.05, 0.1) is 21.2 Å². The molecule has 36 heavy (non-hydrogen) atoms. The Kier molecular flexibility index (Phi) is 5.70. The van der Waals surface area contributed by atoms with E-state index in [-0.39, 0.29) is 11.2 Å². The predicted octanol–water partition coefficient (Wildman–Crippen LogP) is 4.95. The van der Waals surface area contributed by atoms with E-state index in [0.717, 1.165) is 45.7 Å². The molecule has 0 amide bonds. The Morgan fingerprint density at radius 1 is 1.08 bits per heavy atom. The van der Waals surface area contributed by atoms with Crippen molar-refractivity contribution < 1.29 is 4.92 Å². The normalized spacial score (nSPS) is 16.7. The summed E-state index contributed by atoms with van der Waals surface area (Å²) in [6.45, 7) is 0. The molecule has 1 aliphatic heterocycles. The Hall–Kier alpha value is -3.75. The van der Waals surface area contributed by atoms with Crippen LogP contribution in [0.5, 0.6) is 0 Å². The Labute approximate surface area is 215 Å². The number of rotatable bonds is 4. The molecule has 6 rings (SSSR count). The third-order valence-corrected chi connectivity index (χ3v) is 8.41. The van der Waals surface area contributed by atoms with Crippen LogP contribution in [0.1, 0.15) is 34.7 Å². The monoisotopic (exact) mass is 511 g/mol. The van der Waals surface area contributed by atoms with Crippen molar-refractivity contribution in [2.45, 2.75) is 23.8 Å². The second kappa shape index (κ2) is 9.04. The molecule has 2 heterocycles. The Morgan fingerprint density at radius 3 is 2.67 bits per heavy atom. The van der Waals surface area contributed by atoms with Crippen molar-refractivity contribution in [2.75, 3.05) is 6.26 Å². The molecule has 8 heteroatoms. The van der Waals surface area contributed by atoms with Gasteiger partial charge in [-0.2, -0.15) is 0 Å². The van der Waals surface area contributed by atoms with Crippen molar-refractivity contribution in [1.29, 1.82) is 0 Å². The van der Waals surface area contributed by atoms with Gasteiger partial charge in [0.1, 0.15) is 0 Å². The molecule has 1 aromatic heterocycles. The zero-order chi connectivity index (χ0) is 24.8. The van der Waals surface area contributed by atoms with Crippen LogP contribution < -0.4 is 14.9 Å². The molecule has 3 aromatic carbocycles.